The molecule has 0 heterocycles. The minimum absolute atomic E-state index is 0.119. The molecule has 0 bridgehead atoms. The van der Waals surface area contributed by atoms with Gasteiger partial charge in [0.05, 0.1) is 26.4 Å². The van der Waals surface area contributed by atoms with E-state index in [1.807, 2.05) is 0 Å². The topological polar surface area (TPSA) is 174 Å². The average Bonchev–Trinajstić information content (AvgIpc) is 2.67. The molecular weight excluding hydrogens is 380 g/mol. The van der Waals surface area contributed by atoms with Crippen LogP contribution >= 0.6 is 0 Å². The van der Waals surface area contributed by atoms with E-state index in [0.29, 0.717) is 78.5 Å². The normalized spacial score (nSPS) is 11.7. The molecule has 170 valence electrons. The Morgan fingerprint density at radius 1 is 0.897 bits per heavy atom. The Morgan fingerprint density at radius 3 is 2.00 bits per heavy atom. The summed E-state index contributed by atoms with van der Waals surface area (Å²) in [6.45, 7) is 6.12. The van der Waals surface area contributed by atoms with E-state index in [-0.39, 0.29) is 17.8 Å². The SMILES string of the molecule is CC(=O)NC(CCCNC(=N)N)C(=O)NCCCOCCOCCOCCCN. The lowest BCUT2D eigenvalue weighted by atomic mass is 10.1. The van der Waals surface area contributed by atoms with Crippen molar-refractivity contribution in [1.82, 2.24) is 16.0 Å². The number of hydrogen-bond donors (Lipinski definition) is 6. The van der Waals surface area contributed by atoms with E-state index in [2.05, 4.69) is 16.0 Å². The van der Waals surface area contributed by atoms with Gasteiger partial charge < -0.3 is 41.6 Å². The molecule has 1 unspecified atom stereocenters. The molecule has 0 rings (SSSR count). The number of rotatable bonds is 19. The second kappa shape index (κ2) is 19.4. The van der Waals surface area contributed by atoms with E-state index in [0.717, 1.165) is 6.42 Å². The summed E-state index contributed by atoms with van der Waals surface area (Å²) in [6, 6.07) is -0.609. The van der Waals surface area contributed by atoms with E-state index in [1.54, 1.807) is 0 Å². The first-order valence-electron chi connectivity index (χ1n) is 10.0. The third-order valence-electron chi connectivity index (χ3n) is 3.68. The fourth-order valence-electron chi connectivity index (χ4n) is 2.28. The lowest BCUT2D eigenvalue weighted by Gasteiger charge is -2.17. The van der Waals surface area contributed by atoms with Crippen molar-refractivity contribution < 1.29 is 23.8 Å². The highest BCUT2D eigenvalue weighted by Gasteiger charge is 2.18. The Balaban J connectivity index is 3.68. The Morgan fingerprint density at radius 2 is 1.45 bits per heavy atom. The Hall–Kier alpha value is -1.95. The van der Waals surface area contributed by atoms with Gasteiger partial charge in [0.1, 0.15) is 6.04 Å². The van der Waals surface area contributed by atoms with Crippen molar-refractivity contribution in [2.24, 2.45) is 11.5 Å². The summed E-state index contributed by atoms with van der Waals surface area (Å²) in [6.07, 6.45) is 2.56. The number of amides is 2. The smallest absolute Gasteiger partial charge is 0.242 e. The molecule has 0 saturated heterocycles. The van der Waals surface area contributed by atoms with Crippen LogP contribution in [0, 0.1) is 5.41 Å². The summed E-state index contributed by atoms with van der Waals surface area (Å²) in [5.74, 6) is -0.620. The van der Waals surface area contributed by atoms with Crippen LogP contribution < -0.4 is 27.4 Å². The van der Waals surface area contributed by atoms with E-state index in [1.165, 1.54) is 6.92 Å². The van der Waals surface area contributed by atoms with Crippen LogP contribution in [0.4, 0.5) is 0 Å². The lowest BCUT2D eigenvalue weighted by molar-refractivity contribution is -0.128. The second-order valence-electron chi connectivity index (χ2n) is 6.36. The molecule has 0 radical (unpaired) electrons. The zero-order chi connectivity index (χ0) is 21.7. The second-order valence-corrected chi connectivity index (χ2v) is 6.36. The maximum Gasteiger partial charge on any atom is 0.242 e. The first kappa shape index (κ1) is 27.0. The number of nitrogens with two attached hydrogens (primary N) is 2. The first-order chi connectivity index (χ1) is 14.0. The highest BCUT2D eigenvalue weighted by atomic mass is 16.5. The maximum atomic E-state index is 12.2. The van der Waals surface area contributed by atoms with Crippen molar-refractivity contribution in [3.05, 3.63) is 0 Å². The van der Waals surface area contributed by atoms with Crippen LogP contribution in [-0.2, 0) is 23.8 Å². The maximum absolute atomic E-state index is 12.2. The van der Waals surface area contributed by atoms with Crippen LogP contribution in [0.3, 0.4) is 0 Å². The zero-order valence-electron chi connectivity index (χ0n) is 17.5. The van der Waals surface area contributed by atoms with Crippen LogP contribution in [-0.4, -0.2) is 83.1 Å². The summed E-state index contributed by atoms with van der Waals surface area (Å²) in [5, 5.41) is 15.2. The summed E-state index contributed by atoms with van der Waals surface area (Å²) in [7, 11) is 0. The lowest BCUT2D eigenvalue weighted by Crippen LogP contribution is -2.46. The predicted molar refractivity (Wildman–Crippen MR) is 111 cm³/mol. The monoisotopic (exact) mass is 418 g/mol. The number of carbonyl (C=O) groups excluding carboxylic acids is 2. The van der Waals surface area contributed by atoms with Gasteiger partial charge in [-0.25, -0.2) is 0 Å². The van der Waals surface area contributed by atoms with Gasteiger partial charge in [-0.05, 0) is 32.2 Å². The minimum atomic E-state index is -0.609. The van der Waals surface area contributed by atoms with Crippen molar-refractivity contribution in [3.8, 4) is 0 Å². The van der Waals surface area contributed by atoms with E-state index < -0.39 is 6.04 Å². The van der Waals surface area contributed by atoms with Crippen LogP contribution in [0.1, 0.15) is 32.6 Å². The van der Waals surface area contributed by atoms with E-state index >= 15 is 0 Å². The molecule has 0 aromatic heterocycles. The van der Waals surface area contributed by atoms with Crippen molar-refractivity contribution in [1.29, 1.82) is 5.41 Å². The van der Waals surface area contributed by atoms with Crippen LogP contribution in [0.25, 0.3) is 0 Å². The fourth-order valence-corrected chi connectivity index (χ4v) is 2.28. The number of guanidine groups is 1. The van der Waals surface area contributed by atoms with E-state index in [9.17, 15) is 9.59 Å². The zero-order valence-corrected chi connectivity index (χ0v) is 17.5. The van der Waals surface area contributed by atoms with Gasteiger partial charge >= 0.3 is 0 Å². The van der Waals surface area contributed by atoms with Crippen molar-refractivity contribution in [3.63, 3.8) is 0 Å². The molecule has 0 fully saturated rings. The third kappa shape index (κ3) is 19.2. The summed E-state index contributed by atoms with van der Waals surface area (Å²) >= 11 is 0. The Labute approximate surface area is 173 Å². The molecule has 0 spiro atoms. The molecular formula is C18H38N6O5. The van der Waals surface area contributed by atoms with Gasteiger partial charge in [0.2, 0.25) is 11.8 Å². The van der Waals surface area contributed by atoms with Crippen LogP contribution in [0.15, 0.2) is 0 Å². The average molecular weight is 419 g/mol. The highest BCUT2D eigenvalue weighted by Crippen LogP contribution is 1.98. The van der Waals surface area contributed by atoms with Gasteiger partial charge in [0.25, 0.3) is 0 Å². The van der Waals surface area contributed by atoms with Crippen molar-refractivity contribution in [2.45, 2.75) is 38.6 Å². The number of ether oxygens (including phenoxy) is 3. The Bertz CT molecular complexity index is 452. The molecule has 0 aromatic rings. The molecule has 29 heavy (non-hydrogen) atoms. The number of carbonyl (C=O) groups is 2. The molecule has 0 saturated carbocycles. The molecule has 2 amide bonds. The highest BCUT2D eigenvalue weighted by molar-refractivity contribution is 5.86. The summed E-state index contributed by atoms with van der Waals surface area (Å²) < 4.78 is 16.1. The van der Waals surface area contributed by atoms with Crippen LogP contribution in [0.2, 0.25) is 0 Å². The molecule has 0 aliphatic rings. The fraction of sp³-hybridized carbons (Fsp3) is 0.833. The molecule has 11 heteroatoms. The minimum Gasteiger partial charge on any atom is -0.379 e. The quantitative estimate of drug-likeness (QED) is 0.0849. The predicted octanol–water partition coefficient (Wildman–Crippen LogP) is -1.34. The number of nitrogens with one attached hydrogen (secondary N) is 4. The van der Waals surface area contributed by atoms with Gasteiger partial charge in [0.15, 0.2) is 5.96 Å². The summed E-state index contributed by atoms with van der Waals surface area (Å²) in [5.41, 5.74) is 10.6. The van der Waals surface area contributed by atoms with Crippen molar-refractivity contribution >= 4 is 17.8 Å². The largest absolute Gasteiger partial charge is 0.379 e. The van der Waals surface area contributed by atoms with Gasteiger partial charge in [-0.2, -0.15) is 0 Å². The summed E-state index contributed by atoms with van der Waals surface area (Å²) in [4.78, 5) is 23.5. The first-order valence-corrected chi connectivity index (χ1v) is 10.0. The Kier molecular flexibility index (Phi) is 18.1. The van der Waals surface area contributed by atoms with Gasteiger partial charge in [0, 0.05) is 33.2 Å². The standard InChI is InChI=1S/C18H38N6O5/c1-15(25)24-16(5-2-7-23-18(20)21)17(26)22-8-4-10-28-12-14-29-13-11-27-9-3-6-19/h16H,2-14,19H2,1H3,(H,22,26)(H,24,25)(H4,20,21,23). The molecule has 1 atom stereocenters. The molecule has 11 nitrogen and oxygen atoms in total. The third-order valence-corrected chi connectivity index (χ3v) is 3.68. The van der Waals surface area contributed by atoms with Gasteiger partial charge in [-0.1, -0.05) is 0 Å². The molecule has 8 N–H and O–H groups in total. The molecule has 0 aliphatic carbocycles. The van der Waals surface area contributed by atoms with E-state index in [4.69, 9.17) is 31.1 Å². The molecule has 0 aromatic carbocycles. The number of hydrogen-bond acceptors (Lipinski definition) is 7. The van der Waals surface area contributed by atoms with Gasteiger partial charge in [-0.15, -0.1) is 0 Å². The molecule has 0 aliphatic heterocycles. The van der Waals surface area contributed by atoms with Crippen LogP contribution in [0.5, 0.6) is 0 Å². The van der Waals surface area contributed by atoms with Gasteiger partial charge in [-0.3, -0.25) is 15.0 Å². The van der Waals surface area contributed by atoms with Crippen molar-refractivity contribution in [2.75, 3.05) is 59.3 Å².